The highest BCUT2D eigenvalue weighted by molar-refractivity contribution is 5.76. The van der Waals surface area contributed by atoms with Crippen molar-refractivity contribution in [2.24, 2.45) is 0 Å². The van der Waals surface area contributed by atoms with Gasteiger partial charge in [-0.05, 0) is 41.5 Å². The molecule has 0 aromatic heterocycles. The van der Waals surface area contributed by atoms with Crippen molar-refractivity contribution < 1.29 is 17.9 Å². The Hall–Kier alpha value is -2.95. The molecule has 5 heteroatoms. The maximum absolute atomic E-state index is 14.9. The number of benzene rings is 3. The largest absolute Gasteiger partial charge is 0.497 e. The van der Waals surface area contributed by atoms with Crippen LogP contribution >= 0.6 is 0 Å². The normalized spacial score (nSPS) is 21.5. The molecule has 0 unspecified atom stereocenters. The quantitative estimate of drug-likeness (QED) is 0.518. The van der Waals surface area contributed by atoms with Gasteiger partial charge in [0, 0.05) is 17.3 Å². The van der Waals surface area contributed by atoms with Gasteiger partial charge in [0.05, 0.1) is 7.11 Å². The minimum absolute atomic E-state index is 0.224. The lowest BCUT2D eigenvalue weighted by Crippen LogP contribution is -2.54. The zero-order chi connectivity index (χ0) is 19.9. The molecule has 3 aromatic carbocycles. The molecule has 2 nitrogen and oxygen atoms in total. The van der Waals surface area contributed by atoms with Crippen LogP contribution in [0.15, 0.2) is 78.9 Å². The number of rotatable bonds is 3. The summed E-state index contributed by atoms with van der Waals surface area (Å²) in [4.78, 5) is 1.43. The third-order valence-electron chi connectivity index (χ3n) is 5.60. The van der Waals surface area contributed by atoms with Gasteiger partial charge in [-0.15, -0.1) is 0 Å². The van der Waals surface area contributed by atoms with E-state index in [1.165, 1.54) is 12.0 Å². The fourth-order valence-corrected chi connectivity index (χ4v) is 4.35. The van der Waals surface area contributed by atoms with E-state index < -0.39 is 17.6 Å². The van der Waals surface area contributed by atoms with Gasteiger partial charge in [-0.25, -0.2) is 0 Å². The molecule has 0 N–H and O–H groups in total. The molecular weight excluding hydrogens is 363 g/mol. The SMILES string of the molecule is COc1ccc(N2c3ccccc3[C@H](C)[C@@]2(c2ccccc2)C(F)(F)F)cc1. The van der Waals surface area contributed by atoms with Crippen LogP contribution < -0.4 is 9.64 Å². The highest BCUT2D eigenvalue weighted by atomic mass is 19.4. The number of hydrogen-bond acceptors (Lipinski definition) is 2. The molecular formula is C23H20F3NO. The fourth-order valence-electron chi connectivity index (χ4n) is 4.35. The summed E-state index contributed by atoms with van der Waals surface area (Å²) in [6, 6.07) is 22.0. The Morgan fingerprint density at radius 1 is 0.857 bits per heavy atom. The molecule has 1 aliphatic rings. The maximum atomic E-state index is 14.9. The van der Waals surface area contributed by atoms with Crippen LogP contribution in [0.25, 0.3) is 0 Å². The van der Waals surface area contributed by atoms with Crippen molar-refractivity contribution in [1.82, 2.24) is 0 Å². The fraction of sp³-hybridized carbons (Fsp3) is 0.217. The van der Waals surface area contributed by atoms with Gasteiger partial charge in [0.1, 0.15) is 5.75 Å². The summed E-state index contributed by atoms with van der Waals surface area (Å²) in [5, 5.41) is 0. The zero-order valence-electron chi connectivity index (χ0n) is 15.6. The monoisotopic (exact) mass is 383 g/mol. The van der Waals surface area contributed by atoms with E-state index >= 15 is 0 Å². The summed E-state index contributed by atoms with van der Waals surface area (Å²) < 4.78 is 50.0. The van der Waals surface area contributed by atoms with Crippen molar-refractivity contribution in [2.75, 3.05) is 12.0 Å². The number of hydrogen-bond donors (Lipinski definition) is 0. The molecule has 0 spiro atoms. The predicted octanol–water partition coefficient (Wildman–Crippen LogP) is 6.41. The highest BCUT2D eigenvalue weighted by Gasteiger charge is 2.67. The number of ether oxygens (including phenoxy) is 1. The molecule has 0 bridgehead atoms. The molecule has 0 aliphatic carbocycles. The predicted molar refractivity (Wildman–Crippen MR) is 104 cm³/mol. The van der Waals surface area contributed by atoms with Crippen molar-refractivity contribution >= 4 is 11.4 Å². The van der Waals surface area contributed by atoms with E-state index in [1.54, 1.807) is 85.8 Å². The van der Waals surface area contributed by atoms with Gasteiger partial charge in [-0.1, -0.05) is 55.5 Å². The van der Waals surface area contributed by atoms with Crippen LogP contribution in [0, 0.1) is 0 Å². The van der Waals surface area contributed by atoms with E-state index in [0.717, 1.165) is 0 Å². The minimum Gasteiger partial charge on any atom is -0.497 e. The average Bonchev–Trinajstić information content (AvgIpc) is 2.98. The van der Waals surface area contributed by atoms with Gasteiger partial charge in [-0.3, -0.25) is 0 Å². The Bertz CT molecular complexity index is 969. The van der Waals surface area contributed by atoms with Crippen LogP contribution in [0.5, 0.6) is 5.75 Å². The second-order valence-corrected chi connectivity index (χ2v) is 6.94. The number of para-hydroxylation sites is 1. The standard InChI is InChI=1S/C23H20F3NO/c1-16-20-10-6-7-11-21(20)27(18-12-14-19(28-2)15-13-18)22(16,23(24,25)26)17-8-4-3-5-9-17/h3-16H,1-2H3/t16-,22+/m0/s1. The zero-order valence-corrected chi connectivity index (χ0v) is 15.6. The molecule has 0 fully saturated rings. The second-order valence-electron chi connectivity index (χ2n) is 6.94. The Balaban J connectivity index is 2.04. The Kier molecular flexibility index (Phi) is 4.33. The lowest BCUT2D eigenvalue weighted by molar-refractivity contribution is -0.192. The van der Waals surface area contributed by atoms with E-state index in [0.29, 0.717) is 22.7 Å². The van der Waals surface area contributed by atoms with E-state index in [2.05, 4.69) is 0 Å². The molecule has 1 heterocycles. The summed E-state index contributed by atoms with van der Waals surface area (Å²) in [6.45, 7) is 1.66. The molecule has 2 atom stereocenters. The van der Waals surface area contributed by atoms with Crippen molar-refractivity contribution in [1.29, 1.82) is 0 Å². The molecule has 1 aliphatic heterocycles. The maximum Gasteiger partial charge on any atom is 0.416 e. The number of alkyl halides is 3. The first-order valence-electron chi connectivity index (χ1n) is 9.06. The third kappa shape index (κ3) is 2.49. The Morgan fingerprint density at radius 2 is 1.46 bits per heavy atom. The van der Waals surface area contributed by atoms with Crippen LogP contribution in [-0.2, 0) is 5.54 Å². The van der Waals surface area contributed by atoms with E-state index in [-0.39, 0.29) is 5.56 Å². The average molecular weight is 383 g/mol. The van der Waals surface area contributed by atoms with Crippen molar-refractivity contribution in [3.63, 3.8) is 0 Å². The smallest absolute Gasteiger partial charge is 0.416 e. The first-order chi connectivity index (χ1) is 13.4. The molecule has 0 amide bonds. The van der Waals surface area contributed by atoms with Gasteiger partial charge < -0.3 is 9.64 Å². The van der Waals surface area contributed by atoms with Crippen LogP contribution in [0.4, 0.5) is 24.5 Å². The first-order valence-corrected chi connectivity index (χ1v) is 9.06. The number of anilines is 2. The van der Waals surface area contributed by atoms with E-state index in [1.807, 2.05) is 0 Å². The van der Waals surface area contributed by atoms with Crippen molar-refractivity contribution in [2.45, 2.75) is 24.6 Å². The van der Waals surface area contributed by atoms with E-state index in [9.17, 15) is 13.2 Å². The van der Waals surface area contributed by atoms with Crippen LogP contribution in [0.3, 0.4) is 0 Å². The summed E-state index contributed by atoms with van der Waals surface area (Å²) in [5.74, 6) is -0.185. The lowest BCUT2D eigenvalue weighted by atomic mass is 9.77. The summed E-state index contributed by atoms with van der Waals surface area (Å²) in [7, 11) is 1.53. The van der Waals surface area contributed by atoms with Gasteiger partial charge in [-0.2, -0.15) is 13.2 Å². The lowest BCUT2D eigenvalue weighted by Gasteiger charge is -2.44. The summed E-state index contributed by atoms with van der Waals surface area (Å²) in [5.41, 5.74) is -0.256. The number of methoxy groups -OCH3 is 1. The molecule has 144 valence electrons. The third-order valence-corrected chi connectivity index (χ3v) is 5.60. The summed E-state index contributed by atoms with van der Waals surface area (Å²) >= 11 is 0. The van der Waals surface area contributed by atoms with E-state index in [4.69, 9.17) is 4.74 Å². The van der Waals surface area contributed by atoms with Crippen molar-refractivity contribution in [3.05, 3.63) is 90.0 Å². The minimum atomic E-state index is -4.51. The van der Waals surface area contributed by atoms with Crippen LogP contribution in [0.2, 0.25) is 0 Å². The number of nitrogens with zero attached hydrogens (tertiary/aromatic N) is 1. The second kappa shape index (κ2) is 6.59. The number of fused-ring (bicyclic) bond motifs is 1. The number of halogens is 3. The first kappa shape index (κ1) is 18.4. The summed E-state index contributed by atoms with van der Waals surface area (Å²) in [6.07, 6.45) is -4.51. The molecule has 3 aromatic rings. The van der Waals surface area contributed by atoms with Gasteiger partial charge in [0.2, 0.25) is 0 Å². The molecule has 4 rings (SSSR count). The van der Waals surface area contributed by atoms with Crippen molar-refractivity contribution in [3.8, 4) is 5.75 Å². The molecule has 28 heavy (non-hydrogen) atoms. The Morgan fingerprint density at radius 3 is 2.07 bits per heavy atom. The topological polar surface area (TPSA) is 12.5 Å². The van der Waals surface area contributed by atoms with Gasteiger partial charge >= 0.3 is 6.18 Å². The molecule has 0 radical (unpaired) electrons. The van der Waals surface area contributed by atoms with Gasteiger partial charge in [0.15, 0.2) is 5.54 Å². The molecule has 0 saturated carbocycles. The van der Waals surface area contributed by atoms with Gasteiger partial charge in [0.25, 0.3) is 0 Å². The van der Waals surface area contributed by atoms with Crippen LogP contribution in [-0.4, -0.2) is 13.3 Å². The Labute approximate surface area is 162 Å². The van der Waals surface area contributed by atoms with Crippen LogP contribution in [0.1, 0.15) is 24.0 Å². The molecule has 0 saturated heterocycles. The highest BCUT2D eigenvalue weighted by Crippen LogP contribution is 2.62.